The highest BCUT2D eigenvalue weighted by atomic mass is 16.6. The van der Waals surface area contributed by atoms with Crippen molar-refractivity contribution in [1.82, 2.24) is 4.90 Å². The number of ether oxygens (including phenoxy) is 1. The predicted octanol–water partition coefficient (Wildman–Crippen LogP) is 3.15. The minimum absolute atomic E-state index is 0.174. The van der Waals surface area contributed by atoms with Crippen LogP contribution in [0.15, 0.2) is 0 Å². The summed E-state index contributed by atoms with van der Waals surface area (Å²) in [4.78, 5) is 26.3. The van der Waals surface area contributed by atoms with Crippen LogP contribution in [-0.2, 0) is 9.53 Å². The van der Waals surface area contributed by atoms with Crippen molar-refractivity contribution < 1.29 is 14.3 Å². The topological polar surface area (TPSA) is 46.6 Å². The van der Waals surface area contributed by atoms with E-state index in [1.165, 1.54) is 0 Å². The lowest BCUT2D eigenvalue weighted by atomic mass is 9.95. The van der Waals surface area contributed by atoms with E-state index in [1.54, 1.807) is 4.90 Å². The second kappa shape index (κ2) is 5.51. The third-order valence-corrected chi connectivity index (χ3v) is 3.97. The van der Waals surface area contributed by atoms with Crippen molar-refractivity contribution in [2.45, 2.75) is 70.9 Å². The van der Waals surface area contributed by atoms with Crippen molar-refractivity contribution in [3.05, 3.63) is 0 Å². The summed E-state index contributed by atoms with van der Waals surface area (Å²) in [7, 11) is 0. The Morgan fingerprint density at radius 3 is 2.26 bits per heavy atom. The molecule has 0 aromatic rings. The molecule has 1 saturated heterocycles. The molecule has 0 bridgehead atoms. The lowest BCUT2D eigenvalue weighted by Gasteiger charge is -2.29. The van der Waals surface area contributed by atoms with Crippen molar-refractivity contribution in [2.75, 3.05) is 6.54 Å². The van der Waals surface area contributed by atoms with E-state index in [-0.39, 0.29) is 23.8 Å². The van der Waals surface area contributed by atoms with Gasteiger partial charge in [-0.25, -0.2) is 4.79 Å². The van der Waals surface area contributed by atoms with Crippen LogP contribution in [0.25, 0.3) is 0 Å². The van der Waals surface area contributed by atoms with Gasteiger partial charge in [0.25, 0.3) is 0 Å². The van der Waals surface area contributed by atoms with Gasteiger partial charge in [0, 0.05) is 12.5 Å². The largest absolute Gasteiger partial charge is 0.444 e. The van der Waals surface area contributed by atoms with Gasteiger partial charge in [-0.15, -0.1) is 0 Å². The zero-order valence-corrected chi connectivity index (χ0v) is 12.3. The Hall–Kier alpha value is -1.06. The van der Waals surface area contributed by atoms with Crippen LogP contribution in [0.3, 0.4) is 0 Å². The molecule has 1 aliphatic carbocycles. The van der Waals surface area contributed by atoms with Crippen molar-refractivity contribution in [1.29, 1.82) is 0 Å². The molecule has 0 aromatic carbocycles. The molecule has 4 nitrogen and oxygen atoms in total. The maximum atomic E-state index is 12.5. The molecule has 0 spiro atoms. The first-order chi connectivity index (χ1) is 8.88. The first kappa shape index (κ1) is 14.4. The molecule has 1 heterocycles. The maximum Gasteiger partial charge on any atom is 0.410 e. The molecule has 0 aromatic heterocycles. The number of carbonyl (C=O) groups excluding carboxylic acids is 2. The average Bonchev–Trinajstić information content (AvgIpc) is 2.97. The molecule has 4 heteroatoms. The quantitative estimate of drug-likeness (QED) is 0.772. The van der Waals surface area contributed by atoms with Crippen molar-refractivity contribution in [2.24, 2.45) is 5.92 Å². The van der Waals surface area contributed by atoms with Gasteiger partial charge in [0.05, 0.1) is 6.04 Å². The molecule has 2 rings (SSSR count). The highest BCUT2D eigenvalue weighted by molar-refractivity contribution is 5.90. The fourth-order valence-electron chi connectivity index (χ4n) is 3.08. The van der Waals surface area contributed by atoms with E-state index in [2.05, 4.69) is 0 Å². The number of rotatable bonds is 2. The first-order valence-electron chi connectivity index (χ1n) is 7.42. The third kappa shape index (κ3) is 3.48. The van der Waals surface area contributed by atoms with Gasteiger partial charge >= 0.3 is 6.09 Å². The first-order valence-corrected chi connectivity index (χ1v) is 7.42. The highest BCUT2D eigenvalue weighted by Gasteiger charge is 2.39. The van der Waals surface area contributed by atoms with E-state index in [1.807, 2.05) is 20.8 Å². The summed E-state index contributed by atoms with van der Waals surface area (Å²) in [6.07, 6.45) is 5.66. The molecule has 108 valence electrons. The van der Waals surface area contributed by atoms with E-state index in [0.717, 1.165) is 38.5 Å². The van der Waals surface area contributed by atoms with Crippen LogP contribution < -0.4 is 0 Å². The van der Waals surface area contributed by atoms with Crippen LogP contribution in [0, 0.1) is 5.92 Å². The number of hydrogen-bond donors (Lipinski definition) is 0. The average molecular weight is 267 g/mol. The van der Waals surface area contributed by atoms with Gasteiger partial charge in [0.1, 0.15) is 5.60 Å². The van der Waals surface area contributed by atoms with Crippen LogP contribution in [0.5, 0.6) is 0 Å². The lowest BCUT2D eigenvalue weighted by molar-refractivity contribution is -0.127. The molecule has 2 fully saturated rings. The van der Waals surface area contributed by atoms with Crippen LogP contribution in [0.2, 0.25) is 0 Å². The molecule has 2 aliphatic rings. The number of likely N-dealkylation sites (tertiary alicyclic amines) is 1. The summed E-state index contributed by atoms with van der Waals surface area (Å²) in [5.41, 5.74) is -0.499. The fraction of sp³-hybridized carbons (Fsp3) is 0.867. The molecule has 1 amide bonds. The van der Waals surface area contributed by atoms with Gasteiger partial charge in [-0.1, -0.05) is 12.8 Å². The van der Waals surface area contributed by atoms with Gasteiger partial charge in [-0.05, 0) is 46.5 Å². The maximum absolute atomic E-state index is 12.5. The normalized spacial score (nSPS) is 24.8. The number of hydrogen-bond acceptors (Lipinski definition) is 3. The summed E-state index contributed by atoms with van der Waals surface area (Å²) < 4.78 is 5.40. The van der Waals surface area contributed by atoms with E-state index in [4.69, 9.17) is 4.74 Å². The SMILES string of the molecule is CC(C)(C)OC(=O)N1CCC[C@@H]1C(=O)C1CCCC1. The van der Waals surface area contributed by atoms with Gasteiger partial charge in [-0.3, -0.25) is 9.69 Å². The second-order valence-electron chi connectivity index (χ2n) is 6.72. The Bertz CT molecular complexity index is 353. The summed E-state index contributed by atoms with van der Waals surface area (Å²) in [6, 6.07) is -0.238. The van der Waals surface area contributed by atoms with Gasteiger partial charge in [0.2, 0.25) is 0 Å². The Kier molecular flexibility index (Phi) is 4.16. The summed E-state index contributed by atoms with van der Waals surface area (Å²) in [6.45, 7) is 6.22. The zero-order valence-electron chi connectivity index (χ0n) is 12.3. The molecule has 1 atom stereocenters. The number of carbonyl (C=O) groups is 2. The van der Waals surface area contributed by atoms with Crippen LogP contribution in [0.1, 0.15) is 59.3 Å². The van der Waals surface area contributed by atoms with E-state index in [0.29, 0.717) is 6.54 Å². The van der Waals surface area contributed by atoms with E-state index >= 15 is 0 Å². The zero-order chi connectivity index (χ0) is 14.0. The lowest BCUT2D eigenvalue weighted by Crippen LogP contribution is -2.44. The molecular formula is C15H25NO3. The molecule has 0 unspecified atom stereocenters. The molecular weight excluding hydrogens is 242 g/mol. The number of ketones is 1. The summed E-state index contributed by atoms with van der Waals surface area (Å²) in [5.74, 6) is 0.439. The smallest absolute Gasteiger partial charge is 0.410 e. The Morgan fingerprint density at radius 1 is 1.05 bits per heavy atom. The highest BCUT2D eigenvalue weighted by Crippen LogP contribution is 2.31. The van der Waals surface area contributed by atoms with Crippen molar-refractivity contribution in [3.8, 4) is 0 Å². The Morgan fingerprint density at radius 2 is 1.68 bits per heavy atom. The van der Waals surface area contributed by atoms with Crippen molar-refractivity contribution in [3.63, 3.8) is 0 Å². The number of nitrogens with zero attached hydrogens (tertiary/aromatic N) is 1. The standard InChI is InChI=1S/C15H25NO3/c1-15(2,3)19-14(18)16-10-6-9-12(16)13(17)11-7-4-5-8-11/h11-12H,4-10H2,1-3H3/t12-/m1/s1. The Labute approximate surface area is 115 Å². The van der Waals surface area contributed by atoms with Gasteiger partial charge < -0.3 is 4.74 Å². The molecule has 1 saturated carbocycles. The molecule has 1 aliphatic heterocycles. The summed E-state index contributed by atoms with van der Waals surface area (Å²) in [5, 5.41) is 0. The van der Waals surface area contributed by atoms with E-state index < -0.39 is 5.60 Å². The predicted molar refractivity (Wildman–Crippen MR) is 72.9 cm³/mol. The number of Topliss-reactive ketones (excluding diaryl/α,β-unsaturated/α-hetero) is 1. The van der Waals surface area contributed by atoms with Crippen LogP contribution in [-0.4, -0.2) is 35.0 Å². The Balaban J connectivity index is 2.00. The molecule has 0 radical (unpaired) electrons. The second-order valence-corrected chi connectivity index (χ2v) is 6.72. The third-order valence-electron chi connectivity index (χ3n) is 3.97. The molecule has 19 heavy (non-hydrogen) atoms. The van der Waals surface area contributed by atoms with Crippen LogP contribution >= 0.6 is 0 Å². The van der Waals surface area contributed by atoms with E-state index in [9.17, 15) is 9.59 Å². The summed E-state index contributed by atoms with van der Waals surface area (Å²) >= 11 is 0. The van der Waals surface area contributed by atoms with Crippen LogP contribution in [0.4, 0.5) is 4.79 Å². The monoisotopic (exact) mass is 267 g/mol. The minimum Gasteiger partial charge on any atom is -0.444 e. The molecule has 0 N–H and O–H groups in total. The fourth-order valence-corrected chi connectivity index (χ4v) is 3.08. The minimum atomic E-state index is -0.499. The van der Waals surface area contributed by atoms with Crippen molar-refractivity contribution >= 4 is 11.9 Å². The van der Waals surface area contributed by atoms with Gasteiger partial charge in [-0.2, -0.15) is 0 Å². The van der Waals surface area contributed by atoms with Gasteiger partial charge in [0.15, 0.2) is 5.78 Å². The number of amides is 1.